The maximum Gasteiger partial charge on any atom is 0.266 e. The van der Waals surface area contributed by atoms with Gasteiger partial charge in [0, 0.05) is 11.7 Å². The standard InChI is InChI=1S/C18H25N5O2/c1-3-4-5-11(2)21-13-8-6-12-7-9-14(17(24)22-19)16(15(12)10-13)18(25)23-20/h6-11,21H,3-5,19-20H2,1-2H3,(H,22,24)(H,23,25). The van der Waals surface area contributed by atoms with Crippen molar-refractivity contribution in [1.82, 2.24) is 10.9 Å². The molecule has 7 N–H and O–H groups in total. The molecule has 0 heterocycles. The van der Waals surface area contributed by atoms with Crippen LogP contribution in [0.25, 0.3) is 10.8 Å². The van der Waals surface area contributed by atoms with Crippen LogP contribution in [0.15, 0.2) is 30.3 Å². The molecule has 134 valence electrons. The Kier molecular flexibility index (Phi) is 6.32. The van der Waals surface area contributed by atoms with Crippen molar-refractivity contribution in [3.63, 3.8) is 0 Å². The highest BCUT2D eigenvalue weighted by Crippen LogP contribution is 2.26. The third-order valence-electron chi connectivity index (χ3n) is 4.16. The van der Waals surface area contributed by atoms with Crippen molar-refractivity contribution in [3.05, 3.63) is 41.5 Å². The van der Waals surface area contributed by atoms with E-state index >= 15 is 0 Å². The number of benzene rings is 2. The van der Waals surface area contributed by atoms with E-state index in [1.807, 2.05) is 18.2 Å². The number of fused-ring (bicyclic) bond motifs is 1. The van der Waals surface area contributed by atoms with Gasteiger partial charge in [0.25, 0.3) is 11.8 Å². The van der Waals surface area contributed by atoms with Crippen LogP contribution in [-0.2, 0) is 0 Å². The Morgan fingerprint density at radius 2 is 1.76 bits per heavy atom. The van der Waals surface area contributed by atoms with Crippen molar-refractivity contribution >= 4 is 28.3 Å². The molecule has 0 aliphatic rings. The van der Waals surface area contributed by atoms with E-state index in [1.165, 1.54) is 0 Å². The van der Waals surface area contributed by atoms with Crippen molar-refractivity contribution in [2.45, 2.75) is 39.2 Å². The molecule has 1 unspecified atom stereocenters. The summed E-state index contributed by atoms with van der Waals surface area (Å²) in [4.78, 5) is 24.3. The number of carbonyl (C=O) groups excluding carboxylic acids is 2. The first-order valence-electron chi connectivity index (χ1n) is 8.37. The summed E-state index contributed by atoms with van der Waals surface area (Å²) < 4.78 is 0. The Labute approximate surface area is 147 Å². The molecule has 7 heteroatoms. The number of rotatable bonds is 7. The molecule has 0 saturated carbocycles. The van der Waals surface area contributed by atoms with Crippen LogP contribution >= 0.6 is 0 Å². The predicted molar refractivity (Wildman–Crippen MR) is 99.9 cm³/mol. The van der Waals surface area contributed by atoms with Crippen LogP contribution < -0.4 is 27.9 Å². The van der Waals surface area contributed by atoms with Gasteiger partial charge in [-0.15, -0.1) is 0 Å². The number of amides is 2. The number of carbonyl (C=O) groups is 2. The number of nitrogens with one attached hydrogen (secondary N) is 3. The molecule has 25 heavy (non-hydrogen) atoms. The van der Waals surface area contributed by atoms with Crippen LogP contribution in [0.4, 0.5) is 5.69 Å². The second-order valence-electron chi connectivity index (χ2n) is 6.06. The minimum Gasteiger partial charge on any atom is -0.383 e. The molecule has 0 bridgehead atoms. The number of hydrazine groups is 2. The van der Waals surface area contributed by atoms with Crippen molar-refractivity contribution in [2.75, 3.05) is 5.32 Å². The second-order valence-corrected chi connectivity index (χ2v) is 6.06. The molecule has 1 atom stereocenters. The SMILES string of the molecule is CCCCC(C)Nc1ccc2ccc(C(=O)NN)c(C(=O)NN)c2c1. The Balaban J connectivity index is 2.50. The van der Waals surface area contributed by atoms with Gasteiger partial charge in [-0.05, 0) is 42.3 Å². The summed E-state index contributed by atoms with van der Waals surface area (Å²) in [5.41, 5.74) is 5.42. The zero-order valence-corrected chi connectivity index (χ0v) is 14.6. The highest BCUT2D eigenvalue weighted by molar-refractivity contribution is 6.15. The van der Waals surface area contributed by atoms with Crippen molar-refractivity contribution in [2.24, 2.45) is 11.7 Å². The molecule has 0 radical (unpaired) electrons. The number of hydrogen-bond donors (Lipinski definition) is 5. The van der Waals surface area contributed by atoms with Crippen LogP contribution in [0.3, 0.4) is 0 Å². The van der Waals surface area contributed by atoms with E-state index in [0.717, 1.165) is 30.3 Å². The highest BCUT2D eigenvalue weighted by atomic mass is 16.2. The highest BCUT2D eigenvalue weighted by Gasteiger charge is 2.19. The number of nitrogen functional groups attached to an aromatic ring is 2. The van der Waals surface area contributed by atoms with Gasteiger partial charge in [0.05, 0.1) is 11.1 Å². The van der Waals surface area contributed by atoms with E-state index in [4.69, 9.17) is 11.7 Å². The molecule has 2 aromatic carbocycles. The third kappa shape index (κ3) is 4.26. The lowest BCUT2D eigenvalue weighted by atomic mass is 9.97. The maximum atomic E-state index is 12.3. The van der Waals surface area contributed by atoms with Gasteiger partial charge in [0.2, 0.25) is 0 Å². The Bertz CT molecular complexity index is 775. The van der Waals surface area contributed by atoms with Crippen molar-refractivity contribution in [1.29, 1.82) is 0 Å². The van der Waals surface area contributed by atoms with Crippen molar-refractivity contribution in [3.8, 4) is 0 Å². The molecule has 2 amide bonds. The monoisotopic (exact) mass is 343 g/mol. The van der Waals surface area contributed by atoms with Crippen LogP contribution in [0.2, 0.25) is 0 Å². The predicted octanol–water partition coefficient (Wildman–Crippen LogP) is 2.04. The number of nitrogens with two attached hydrogens (primary N) is 2. The molecular weight excluding hydrogens is 318 g/mol. The number of unbranched alkanes of at least 4 members (excludes halogenated alkanes) is 1. The minimum absolute atomic E-state index is 0.175. The maximum absolute atomic E-state index is 12.3. The molecular formula is C18H25N5O2. The lowest BCUT2D eigenvalue weighted by molar-refractivity contribution is 0.0921. The average molecular weight is 343 g/mol. The Morgan fingerprint density at radius 3 is 2.40 bits per heavy atom. The normalized spacial score (nSPS) is 11.8. The zero-order valence-electron chi connectivity index (χ0n) is 14.6. The molecule has 0 fully saturated rings. The van der Waals surface area contributed by atoms with E-state index < -0.39 is 11.8 Å². The summed E-state index contributed by atoms with van der Waals surface area (Å²) in [6, 6.07) is 9.36. The third-order valence-corrected chi connectivity index (χ3v) is 4.16. The van der Waals surface area contributed by atoms with Gasteiger partial charge in [-0.3, -0.25) is 20.4 Å². The lowest BCUT2D eigenvalue weighted by Gasteiger charge is -2.17. The molecule has 2 aromatic rings. The van der Waals surface area contributed by atoms with Gasteiger partial charge in [-0.2, -0.15) is 0 Å². The fourth-order valence-electron chi connectivity index (χ4n) is 2.86. The van der Waals surface area contributed by atoms with E-state index in [1.54, 1.807) is 12.1 Å². The number of hydrogen-bond acceptors (Lipinski definition) is 5. The molecule has 0 aliphatic heterocycles. The second kappa shape index (κ2) is 8.46. The fourth-order valence-corrected chi connectivity index (χ4v) is 2.86. The first kappa shape index (κ1) is 18.7. The summed E-state index contributed by atoms with van der Waals surface area (Å²) in [7, 11) is 0. The molecule has 0 spiro atoms. The van der Waals surface area contributed by atoms with Gasteiger partial charge >= 0.3 is 0 Å². The molecule has 0 aromatic heterocycles. The first-order chi connectivity index (χ1) is 12.0. The van der Waals surface area contributed by atoms with E-state index in [0.29, 0.717) is 11.4 Å². The summed E-state index contributed by atoms with van der Waals surface area (Å²) in [6.45, 7) is 4.27. The first-order valence-corrected chi connectivity index (χ1v) is 8.37. The van der Waals surface area contributed by atoms with Gasteiger partial charge in [-0.1, -0.05) is 31.9 Å². The van der Waals surface area contributed by atoms with Gasteiger partial charge < -0.3 is 5.32 Å². The average Bonchev–Trinajstić information content (AvgIpc) is 2.63. The van der Waals surface area contributed by atoms with E-state index in [2.05, 4.69) is 30.0 Å². The largest absolute Gasteiger partial charge is 0.383 e. The lowest BCUT2D eigenvalue weighted by Crippen LogP contribution is -2.35. The fraction of sp³-hybridized carbons (Fsp3) is 0.333. The van der Waals surface area contributed by atoms with Crippen molar-refractivity contribution < 1.29 is 9.59 Å². The molecule has 2 rings (SSSR count). The van der Waals surface area contributed by atoms with Gasteiger partial charge in [-0.25, -0.2) is 11.7 Å². The quantitative estimate of drug-likeness (QED) is 0.299. The number of anilines is 1. The topological polar surface area (TPSA) is 122 Å². The Morgan fingerprint density at radius 1 is 1.08 bits per heavy atom. The molecule has 0 aliphatic carbocycles. The van der Waals surface area contributed by atoms with Crippen LogP contribution in [0.1, 0.15) is 53.8 Å². The summed E-state index contributed by atoms with van der Waals surface area (Å²) in [5.74, 6) is 9.44. The summed E-state index contributed by atoms with van der Waals surface area (Å²) >= 11 is 0. The Hall–Kier alpha value is -2.64. The van der Waals surface area contributed by atoms with Crippen LogP contribution in [0, 0.1) is 0 Å². The smallest absolute Gasteiger partial charge is 0.266 e. The van der Waals surface area contributed by atoms with Gasteiger partial charge in [0.1, 0.15) is 0 Å². The molecule has 7 nitrogen and oxygen atoms in total. The summed E-state index contributed by atoms with van der Waals surface area (Å²) in [6.07, 6.45) is 3.34. The van der Waals surface area contributed by atoms with Crippen LogP contribution in [-0.4, -0.2) is 17.9 Å². The van der Waals surface area contributed by atoms with Crippen LogP contribution in [0.5, 0.6) is 0 Å². The van der Waals surface area contributed by atoms with E-state index in [-0.39, 0.29) is 11.1 Å². The summed E-state index contributed by atoms with van der Waals surface area (Å²) in [5, 5.41) is 4.90. The van der Waals surface area contributed by atoms with Gasteiger partial charge in [0.15, 0.2) is 0 Å². The molecule has 0 saturated heterocycles. The zero-order chi connectivity index (χ0) is 18.4. The minimum atomic E-state index is -0.546. The van der Waals surface area contributed by atoms with E-state index in [9.17, 15) is 9.59 Å².